The van der Waals surface area contributed by atoms with Crippen molar-refractivity contribution in [3.8, 4) is 11.4 Å². The van der Waals surface area contributed by atoms with E-state index >= 15 is 0 Å². The highest BCUT2D eigenvalue weighted by molar-refractivity contribution is 5.96. The first-order chi connectivity index (χ1) is 15.7. The number of anilines is 2. The lowest BCUT2D eigenvalue weighted by atomic mass is 10.0. The number of imidazole rings is 1. The number of para-hydroxylation sites is 1. The van der Waals surface area contributed by atoms with E-state index in [2.05, 4.69) is 43.6 Å². The van der Waals surface area contributed by atoms with Crippen LogP contribution in [0.25, 0.3) is 5.69 Å². The van der Waals surface area contributed by atoms with Crippen LogP contribution in [0, 0.1) is 0 Å². The maximum Gasteiger partial charge on any atom is 0.241 e. The first kappa shape index (κ1) is 20.6. The summed E-state index contributed by atoms with van der Waals surface area (Å²) < 4.78 is 7.46. The Morgan fingerprint density at radius 3 is 2.72 bits per heavy atom. The highest BCUT2D eigenvalue weighted by Crippen LogP contribution is 2.27. The highest BCUT2D eigenvalue weighted by atomic mass is 16.5. The first-order valence-electron chi connectivity index (χ1n) is 11.3. The molecule has 1 amide bonds. The molecule has 32 heavy (non-hydrogen) atoms. The number of amides is 1. The standard InChI is InChI=1S/C25H29N5O2/c1-32-22-9-4-8-21(18-22)29-13-11-26-25(29)28-16-14-27(15-17-28)19-24(31)30-12-5-7-20-6-2-3-10-23(20)30/h2-4,6,8-11,13,18H,5,7,12,14-17,19H2,1H3. The number of piperazine rings is 1. The molecule has 0 bridgehead atoms. The number of nitrogens with zero attached hydrogens (tertiary/aromatic N) is 5. The average Bonchev–Trinajstić information content (AvgIpc) is 3.34. The van der Waals surface area contributed by atoms with Gasteiger partial charge in [-0.1, -0.05) is 24.3 Å². The van der Waals surface area contributed by atoms with Crippen molar-refractivity contribution < 1.29 is 9.53 Å². The van der Waals surface area contributed by atoms with Crippen molar-refractivity contribution in [1.29, 1.82) is 0 Å². The lowest BCUT2D eigenvalue weighted by Gasteiger charge is -2.37. The Labute approximate surface area is 188 Å². The van der Waals surface area contributed by atoms with Gasteiger partial charge in [-0.05, 0) is 36.6 Å². The molecule has 1 aromatic heterocycles. The maximum absolute atomic E-state index is 13.1. The van der Waals surface area contributed by atoms with Gasteiger partial charge < -0.3 is 14.5 Å². The number of hydrogen-bond acceptors (Lipinski definition) is 5. The van der Waals surface area contributed by atoms with Crippen molar-refractivity contribution in [3.63, 3.8) is 0 Å². The number of methoxy groups -OCH3 is 1. The van der Waals surface area contributed by atoms with E-state index in [9.17, 15) is 4.79 Å². The Balaban J connectivity index is 1.22. The van der Waals surface area contributed by atoms with Crippen LogP contribution in [0.5, 0.6) is 5.75 Å². The molecule has 1 fully saturated rings. The lowest BCUT2D eigenvalue weighted by Crippen LogP contribution is -2.51. The Hall–Kier alpha value is -3.32. The minimum Gasteiger partial charge on any atom is -0.497 e. The van der Waals surface area contributed by atoms with Gasteiger partial charge in [0.1, 0.15) is 5.75 Å². The Kier molecular flexibility index (Phi) is 5.81. The van der Waals surface area contributed by atoms with E-state index in [1.54, 1.807) is 7.11 Å². The fourth-order valence-corrected chi connectivity index (χ4v) is 4.67. The number of rotatable bonds is 5. The van der Waals surface area contributed by atoms with Crippen molar-refractivity contribution in [2.45, 2.75) is 12.8 Å². The van der Waals surface area contributed by atoms with Crippen molar-refractivity contribution in [1.82, 2.24) is 14.5 Å². The second kappa shape index (κ2) is 9.04. The average molecular weight is 432 g/mol. The SMILES string of the molecule is COc1cccc(-n2ccnc2N2CCN(CC(=O)N3CCCc4ccccc43)CC2)c1. The molecule has 5 rings (SSSR count). The zero-order valence-corrected chi connectivity index (χ0v) is 18.5. The van der Waals surface area contributed by atoms with E-state index in [-0.39, 0.29) is 5.91 Å². The molecule has 2 aromatic carbocycles. The molecular formula is C25H29N5O2. The molecule has 166 valence electrons. The van der Waals surface area contributed by atoms with Gasteiger partial charge in [0, 0.05) is 56.9 Å². The van der Waals surface area contributed by atoms with Crippen molar-refractivity contribution in [2.75, 3.05) is 56.2 Å². The fourth-order valence-electron chi connectivity index (χ4n) is 4.67. The summed E-state index contributed by atoms with van der Waals surface area (Å²) in [6.45, 7) is 4.63. The summed E-state index contributed by atoms with van der Waals surface area (Å²) >= 11 is 0. The number of aromatic nitrogens is 2. The summed E-state index contributed by atoms with van der Waals surface area (Å²) in [5.41, 5.74) is 3.39. The Morgan fingerprint density at radius 1 is 1.03 bits per heavy atom. The van der Waals surface area contributed by atoms with Gasteiger partial charge in [0.2, 0.25) is 11.9 Å². The molecule has 0 aliphatic carbocycles. The topological polar surface area (TPSA) is 53.8 Å². The summed E-state index contributed by atoms with van der Waals surface area (Å²) in [5, 5.41) is 0. The molecule has 0 spiro atoms. The quantitative estimate of drug-likeness (QED) is 0.622. The van der Waals surface area contributed by atoms with Crippen LogP contribution in [-0.2, 0) is 11.2 Å². The van der Waals surface area contributed by atoms with E-state index in [0.717, 1.165) is 68.6 Å². The Morgan fingerprint density at radius 2 is 1.88 bits per heavy atom. The fraction of sp³-hybridized carbons (Fsp3) is 0.360. The second-order valence-electron chi connectivity index (χ2n) is 8.34. The smallest absolute Gasteiger partial charge is 0.241 e. The largest absolute Gasteiger partial charge is 0.497 e. The summed E-state index contributed by atoms with van der Waals surface area (Å²) in [5.74, 6) is 1.95. The number of carbonyl (C=O) groups is 1. The van der Waals surface area contributed by atoms with E-state index < -0.39 is 0 Å². The molecule has 0 radical (unpaired) electrons. The molecule has 2 aliphatic rings. The van der Waals surface area contributed by atoms with Crippen LogP contribution in [0.1, 0.15) is 12.0 Å². The molecule has 3 aromatic rings. The molecule has 7 heteroatoms. The minimum atomic E-state index is 0.198. The van der Waals surface area contributed by atoms with E-state index in [4.69, 9.17) is 4.74 Å². The third kappa shape index (κ3) is 4.08. The lowest BCUT2D eigenvalue weighted by molar-refractivity contribution is -0.119. The predicted octanol–water partition coefficient (Wildman–Crippen LogP) is 2.98. The molecule has 1 saturated heterocycles. The van der Waals surface area contributed by atoms with E-state index in [1.165, 1.54) is 5.56 Å². The van der Waals surface area contributed by atoms with Gasteiger partial charge in [-0.15, -0.1) is 0 Å². The monoisotopic (exact) mass is 431 g/mol. The van der Waals surface area contributed by atoms with E-state index in [1.807, 2.05) is 41.6 Å². The molecular weight excluding hydrogens is 402 g/mol. The summed E-state index contributed by atoms with van der Waals surface area (Å²) in [6, 6.07) is 16.3. The summed E-state index contributed by atoms with van der Waals surface area (Å²) in [4.78, 5) is 24.2. The van der Waals surface area contributed by atoms with Gasteiger partial charge in [0.05, 0.1) is 19.3 Å². The van der Waals surface area contributed by atoms with Gasteiger partial charge in [-0.3, -0.25) is 14.3 Å². The highest BCUT2D eigenvalue weighted by Gasteiger charge is 2.26. The van der Waals surface area contributed by atoms with Crippen LogP contribution in [0.15, 0.2) is 60.9 Å². The van der Waals surface area contributed by atoms with Crippen LogP contribution in [0.3, 0.4) is 0 Å². The number of carbonyl (C=O) groups excluding carboxylic acids is 1. The normalized spacial score (nSPS) is 16.7. The van der Waals surface area contributed by atoms with Crippen LogP contribution in [0.4, 0.5) is 11.6 Å². The Bertz CT molecular complexity index is 1090. The summed E-state index contributed by atoms with van der Waals surface area (Å²) in [7, 11) is 1.68. The first-order valence-corrected chi connectivity index (χ1v) is 11.3. The van der Waals surface area contributed by atoms with Crippen LogP contribution >= 0.6 is 0 Å². The maximum atomic E-state index is 13.1. The molecule has 3 heterocycles. The van der Waals surface area contributed by atoms with Crippen LogP contribution in [-0.4, -0.2) is 66.7 Å². The number of aryl methyl sites for hydroxylation is 1. The number of benzene rings is 2. The predicted molar refractivity (Wildman–Crippen MR) is 126 cm³/mol. The van der Waals surface area contributed by atoms with Gasteiger partial charge in [0.15, 0.2) is 0 Å². The van der Waals surface area contributed by atoms with Crippen molar-refractivity contribution in [2.24, 2.45) is 0 Å². The second-order valence-corrected chi connectivity index (χ2v) is 8.34. The molecule has 0 atom stereocenters. The van der Waals surface area contributed by atoms with Crippen molar-refractivity contribution >= 4 is 17.5 Å². The molecule has 2 aliphatic heterocycles. The molecule has 0 unspecified atom stereocenters. The molecule has 7 nitrogen and oxygen atoms in total. The van der Waals surface area contributed by atoms with Gasteiger partial charge in [-0.2, -0.15) is 0 Å². The third-order valence-electron chi connectivity index (χ3n) is 6.38. The number of fused-ring (bicyclic) bond motifs is 1. The van der Waals surface area contributed by atoms with Crippen LogP contribution < -0.4 is 14.5 Å². The van der Waals surface area contributed by atoms with E-state index in [0.29, 0.717) is 6.54 Å². The van der Waals surface area contributed by atoms with Gasteiger partial charge >= 0.3 is 0 Å². The number of ether oxygens (including phenoxy) is 1. The summed E-state index contributed by atoms with van der Waals surface area (Å²) in [6.07, 6.45) is 5.90. The molecule has 0 saturated carbocycles. The molecule has 0 N–H and O–H groups in total. The zero-order valence-electron chi connectivity index (χ0n) is 18.5. The minimum absolute atomic E-state index is 0.198. The third-order valence-corrected chi connectivity index (χ3v) is 6.38. The van der Waals surface area contributed by atoms with Crippen molar-refractivity contribution in [3.05, 3.63) is 66.5 Å². The number of hydrogen-bond donors (Lipinski definition) is 0. The van der Waals surface area contributed by atoms with Gasteiger partial charge in [0.25, 0.3) is 0 Å². The van der Waals surface area contributed by atoms with Crippen LogP contribution in [0.2, 0.25) is 0 Å². The van der Waals surface area contributed by atoms with Gasteiger partial charge in [-0.25, -0.2) is 4.98 Å². The zero-order chi connectivity index (χ0) is 21.9.